The fourth-order valence-electron chi connectivity index (χ4n) is 3.70. The van der Waals surface area contributed by atoms with Gasteiger partial charge in [0.1, 0.15) is 17.6 Å². The van der Waals surface area contributed by atoms with Crippen molar-refractivity contribution in [3.63, 3.8) is 0 Å². The lowest BCUT2D eigenvalue weighted by atomic mass is 9.95. The van der Waals surface area contributed by atoms with Crippen molar-refractivity contribution >= 4 is 5.91 Å². The van der Waals surface area contributed by atoms with Gasteiger partial charge in [0, 0.05) is 44.1 Å². The molecule has 0 aliphatic carbocycles. The first-order chi connectivity index (χ1) is 13.7. The molecule has 0 radical (unpaired) electrons. The van der Waals surface area contributed by atoms with Gasteiger partial charge in [0.15, 0.2) is 0 Å². The Labute approximate surface area is 164 Å². The summed E-state index contributed by atoms with van der Waals surface area (Å²) in [4.78, 5) is 23.1. The summed E-state index contributed by atoms with van der Waals surface area (Å²) < 4.78 is 2.21. The van der Waals surface area contributed by atoms with Crippen LogP contribution in [0, 0.1) is 11.3 Å². The van der Waals surface area contributed by atoms with Crippen LogP contribution in [0.15, 0.2) is 61.1 Å². The number of aromatic nitrogens is 3. The number of nitrogens with zero attached hydrogens (tertiary/aromatic N) is 5. The monoisotopic (exact) mass is 371 g/mol. The van der Waals surface area contributed by atoms with Crippen molar-refractivity contribution in [3.05, 3.63) is 83.7 Å². The van der Waals surface area contributed by atoms with Crippen LogP contribution in [0.3, 0.4) is 0 Å². The zero-order valence-corrected chi connectivity index (χ0v) is 15.5. The maximum Gasteiger partial charge on any atom is 0.255 e. The fourth-order valence-corrected chi connectivity index (χ4v) is 3.70. The molecule has 140 valence electrons. The van der Waals surface area contributed by atoms with E-state index in [2.05, 4.69) is 26.7 Å². The molecule has 2 aromatic heterocycles. The molecule has 1 aliphatic rings. The van der Waals surface area contributed by atoms with E-state index >= 15 is 0 Å². The van der Waals surface area contributed by atoms with Crippen molar-refractivity contribution in [2.24, 2.45) is 0 Å². The molecule has 1 aliphatic heterocycles. The highest BCUT2D eigenvalue weighted by Crippen LogP contribution is 2.28. The Balaban J connectivity index is 1.40. The number of likely N-dealkylation sites (tertiary alicyclic amines) is 1. The number of nitriles is 1. The highest BCUT2D eigenvalue weighted by molar-refractivity contribution is 5.94. The van der Waals surface area contributed by atoms with E-state index in [1.165, 1.54) is 11.8 Å². The number of imidazole rings is 1. The molecular formula is C22H21N5O. The first kappa shape index (κ1) is 17.9. The predicted octanol–water partition coefficient (Wildman–Crippen LogP) is 3.22. The summed E-state index contributed by atoms with van der Waals surface area (Å²) in [7, 11) is 0. The summed E-state index contributed by atoms with van der Waals surface area (Å²) in [6, 6.07) is 15.6. The lowest BCUT2D eigenvalue weighted by molar-refractivity contribution is 0.0710. The Morgan fingerprint density at radius 3 is 2.57 bits per heavy atom. The summed E-state index contributed by atoms with van der Waals surface area (Å²) in [5.74, 6) is 1.42. The quantitative estimate of drug-likeness (QED) is 0.706. The predicted molar refractivity (Wildman–Crippen MR) is 105 cm³/mol. The maximum atomic E-state index is 12.7. The third kappa shape index (κ3) is 3.79. The Hall–Kier alpha value is -3.46. The molecule has 1 aromatic carbocycles. The highest BCUT2D eigenvalue weighted by Gasteiger charge is 2.27. The molecule has 0 unspecified atom stereocenters. The van der Waals surface area contributed by atoms with E-state index in [-0.39, 0.29) is 5.91 Å². The average Bonchev–Trinajstić information content (AvgIpc) is 3.22. The summed E-state index contributed by atoms with van der Waals surface area (Å²) in [6.07, 6.45) is 7.16. The second kappa shape index (κ2) is 8.05. The third-order valence-electron chi connectivity index (χ3n) is 5.22. The minimum Gasteiger partial charge on any atom is -0.339 e. The van der Waals surface area contributed by atoms with Crippen LogP contribution in [0.2, 0.25) is 0 Å². The third-order valence-corrected chi connectivity index (χ3v) is 5.22. The molecule has 0 atom stereocenters. The van der Waals surface area contributed by atoms with Crippen LogP contribution >= 0.6 is 0 Å². The molecule has 0 spiro atoms. The maximum absolute atomic E-state index is 12.7. The Kier molecular flexibility index (Phi) is 5.16. The van der Waals surface area contributed by atoms with Gasteiger partial charge in [0.05, 0.1) is 5.56 Å². The van der Waals surface area contributed by atoms with Gasteiger partial charge < -0.3 is 9.47 Å². The standard InChI is InChI=1S/C22H21N5O/c23-14-20-7-6-19(15-25-20)22(28)26-11-8-18(9-12-26)21-24-10-13-27(21)16-17-4-2-1-3-5-17/h1-7,10,13,15,18H,8-9,11-12,16H2. The molecule has 4 rings (SSSR count). The summed E-state index contributed by atoms with van der Waals surface area (Å²) >= 11 is 0. The number of carbonyl (C=O) groups is 1. The molecule has 0 N–H and O–H groups in total. The van der Waals surface area contributed by atoms with Crippen LogP contribution in [0.25, 0.3) is 0 Å². The first-order valence-electron chi connectivity index (χ1n) is 9.45. The van der Waals surface area contributed by atoms with Crippen molar-refractivity contribution in [1.82, 2.24) is 19.4 Å². The largest absolute Gasteiger partial charge is 0.339 e. The van der Waals surface area contributed by atoms with Crippen LogP contribution in [-0.2, 0) is 6.54 Å². The van der Waals surface area contributed by atoms with Crippen LogP contribution in [0.5, 0.6) is 0 Å². The summed E-state index contributed by atoms with van der Waals surface area (Å²) in [5, 5.41) is 8.84. The van der Waals surface area contributed by atoms with Gasteiger partial charge in [-0.25, -0.2) is 9.97 Å². The topological polar surface area (TPSA) is 74.8 Å². The Morgan fingerprint density at radius 1 is 1.11 bits per heavy atom. The number of hydrogen-bond acceptors (Lipinski definition) is 4. The first-order valence-corrected chi connectivity index (χ1v) is 9.45. The van der Waals surface area contributed by atoms with Crippen LogP contribution in [0.4, 0.5) is 0 Å². The SMILES string of the molecule is N#Cc1ccc(C(=O)N2CCC(c3nccn3Cc3ccccc3)CC2)cn1. The number of amides is 1. The fraction of sp³-hybridized carbons (Fsp3) is 0.273. The van der Waals surface area contributed by atoms with Gasteiger partial charge in [-0.1, -0.05) is 30.3 Å². The normalized spacial score (nSPS) is 14.6. The van der Waals surface area contributed by atoms with Gasteiger partial charge in [-0.2, -0.15) is 5.26 Å². The molecule has 3 aromatic rings. The number of carbonyl (C=O) groups excluding carboxylic acids is 1. The minimum atomic E-state index is -0.0249. The van der Waals surface area contributed by atoms with E-state index in [9.17, 15) is 4.79 Å². The Bertz CT molecular complexity index is 980. The highest BCUT2D eigenvalue weighted by atomic mass is 16.2. The second-order valence-electron chi connectivity index (χ2n) is 7.01. The van der Waals surface area contributed by atoms with E-state index in [1.807, 2.05) is 41.6 Å². The second-order valence-corrected chi connectivity index (χ2v) is 7.01. The molecule has 3 heterocycles. The van der Waals surface area contributed by atoms with Gasteiger partial charge in [-0.15, -0.1) is 0 Å². The average molecular weight is 371 g/mol. The van der Waals surface area contributed by atoms with Gasteiger partial charge >= 0.3 is 0 Å². The van der Waals surface area contributed by atoms with Crippen molar-refractivity contribution in [2.75, 3.05) is 13.1 Å². The lowest BCUT2D eigenvalue weighted by Gasteiger charge is -2.32. The molecule has 0 saturated carbocycles. The minimum absolute atomic E-state index is 0.0249. The van der Waals surface area contributed by atoms with E-state index in [1.54, 1.807) is 12.1 Å². The van der Waals surface area contributed by atoms with Crippen molar-refractivity contribution < 1.29 is 4.79 Å². The van der Waals surface area contributed by atoms with Crippen molar-refractivity contribution in [1.29, 1.82) is 5.26 Å². The lowest BCUT2D eigenvalue weighted by Crippen LogP contribution is -2.38. The molecule has 6 nitrogen and oxygen atoms in total. The van der Waals surface area contributed by atoms with E-state index in [0.29, 0.717) is 30.3 Å². The van der Waals surface area contributed by atoms with Gasteiger partial charge in [-0.3, -0.25) is 4.79 Å². The van der Waals surface area contributed by atoms with Gasteiger partial charge in [0.25, 0.3) is 5.91 Å². The molecule has 1 amide bonds. The van der Waals surface area contributed by atoms with Crippen molar-refractivity contribution in [2.45, 2.75) is 25.3 Å². The molecule has 28 heavy (non-hydrogen) atoms. The molecular weight excluding hydrogens is 350 g/mol. The number of benzene rings is 1. The molecule has 1 saturated heterocycles. The van der Waals surface area contributed by atoms with E-state index in [0.717, 1.165) is 25.2 Å². The van der Waals surface area contributed by atoms with E-state index < -0.39 is 0 Å². The van der Waals surface area contributed by atoms with Crippen molar-refractivity contribution in [3.8, 4) is 6.07 Å². The van der Waals surface area contributed by atoms with E-state index in [4.69, 9.17) is 5.26 Å². The molecule has 0 bridgehead atoms. The summed E-state index contributed by atoms with van der Waals surface area (Å²) in [6.45, 7) is 2.20. The number of hydrogen-bond donors (Lipinski definition) is 0. The number of pyridine rings is 1. The number of rotatable bonds is 4. The van der Waals surface area contributed by atoms with Crippen LogP contribution < -0.4 is 0 Å². The molecule has 6 heteroatoms. The molecule has 1 fully saturated rings. The summed E-state index contributed by atoms with van der Waals surface area (Å²) in [5.41, 5.74) is 2.10. The smallest absolute Gasteiger partial charge is 0.255 e. The number of piperidine rings is 1. The zero-order chi connectivity index (χ0) is 19.3. The van der Waals surface area contributed by atoms with Gasteiger partial charge in [-0.05, 0) is 30.5 Å². The van der Waals surface area contributed by atoms with Crippen LogP contribution in [0.1, 0.15) is 46.2 Å². The van der Waals surface area contributed by atoms with Crippen LogP contribution in [-0.4, -0.2) is 38.4 Å². The zero-order valence-electron chi connectivity index (χ0n) is 15.5. The van der Waals surface area contributed by atoms with Gasteiger partial charge in [0.2, 0.25) is 0 Å². The Morgan fingerprint density at radius 2 is 1.89 bits per heavy atom.